The van der Waals surface area contributed by atoms with Crippen LogP contribution < -0.4 is 16.4 Å². The first-order chi connectivity index (χ1) is 9.61. The Morgan fingerprint density at radius 3 is 2.70 bits per heavy atom. The van der Waals surface area contributed by atoms with Crippen LogP contribution in [0.3, 0.4) is 0 Å². The molecule has 2 saturated heterocycles. The van der Waals surface area contributed by atoms with Gasteiger partial charge in [-0.05, 0) is 43.0 Å². The lowest BCUT2D eigenvalue weighted by molar-refractivity contribution is -0.117. The molecule has 5 nitrogen and oxygen atoms in total. The number of primary amides is 1. The van der Waals surface area contributed by atoms with Crippen LogP contribution >= 0.6 is 11.3 Å². The summed E-state index contributed by atoms with van der Waals surface area (Å²) in [5.41, 5.74) is 5.67. The molecule has 0 saturated carbocycles. The van der Waals surface area contributed by atoms with Gasteiger partial charge in [-0.25, -0.2) is 0 Å². The molecule has 20 heavy (non-hydrogen) atoms. The average Bonchev–Trinajstić information content (AvgIpc) is 2.96. The Labute approximate surface area is 121 Å². The van der Waals surface area contributed by atoms with E-state index in [0.717, 1.165) is 12.8 Å². The fourth-order valence-corrected chi connectivity index (χ4v) is 4.19. The number of hydrogen-bond acceptors (Lipinski definition) is 4. The van der Waals surface area contributed by atoms with E-state index in [9.17, 15) is 9.59 Å². The van der Waals surface area contributed by atoms with E-state index in [1.54, 1.807) is 11.4 Å². The standard InChI is InChI=1S/C14H19N3O2S/c15-13(19)11-3-4-20-14(11)17-12(18)7-8-5-9-1-2-10(6-8)16-9/h3-4,8-10,16H,1-2,5-7H2,(H2,15,19)(H,17,18). The van der Waals surface area contributed by atoms with Gasteiger partial charge in [0.1, 0.15) is 5.00 Å². The lowest BCUT2D eigenvalue weighted by Crippen LogP contribution is -2.39. The monoisotopic (exact) mass is 293 g/mol. The van der Waals surface area contributed by atoms with Gasteiger partial charge < -0.3 is 16.4 Å². The summed E-state index contributed by atoms with van der Waals surface area (Å²) in [6.45, 7) is 0. The number of rotatable bonds is 4. The van der Waals surface area contributed by atoms with Crippen molar-refractivity contribution in [3.8, 4) is 0 Å². The Morgan fingerprint density at radius 1 is 1.35 bits per heavy atom. The first-order valence-corrected chi connectivity index (χ1v) is 7.93. The highest BCUT2D eigenvalue weighted by molar-refractivity contribution is 7.14. The van der Waals surface area contributed by atoms with Gasteiger partial charge in [-0.3, -0.25) is 9.59 Å². The van der Waals surface area contributed by atoms with Crippen molar-refractivity contribution < 1.29 is 9.59 Å². The van der Waals surface area contributed by atoms with Gasteiger partial charge in [-0.2, -0.15) is 0 Å². The molecule has 0 radical (unpaired) electrons. The summed E-state index contributed by atoms with van der Waals surface area (Å²) in [7, 11) is 0. The van der Waals surface area contributed by atoms with Gasteiger partial charge in [-0.15, -0.1) is 11.3 Å². The largest absolute Gasteiger partial charge is 0.366 e. The van der Waals surface area contributed by atoms with Crippen molar-refractivity contribution in [2.24, 2.45) is 11.7 Å². The van der Waals surface area contributed by atoms with E-state index in [1.807, 2.05) is 0 Å². The fourth-order valence-electron chi connectivity index (χ4n) is 3.38. The van der Waals surface area contributed by atoms with Gasteiger partial charge in [0.25, 0.3) is 5.91 Å². The summed E-state index contributed by atoms with van der Waals surface area (Å²) >= 11 is 1.34. The molecule has 108 valence electrons. The van der Waals surface area contributed by atoms with Crippen LogP contribution in [0.15, 0.2) is 11.4 Å². The Balaban J connectivity index is 1.57. The summed E-state index contributed by atoms with van der Waals surface area (Å²) in [5.74, 6) is -0.0616. The molecule has 2 fully saturated rings. The third kappa shape index (κ3) is 2.86. The van der Waals surface area contributed by atoms with Crippen molar-refractivity contribution in [3.63, 3.8) is 0 Å². The SMILES string of the molecule is NC(=O)c1ccsc1NC(=O)CC1CC2CCC(C1)N2. The van der Waals surface area contributed by atoms with Crippen molar-refractivity contribution in [1.82, 2.24) is 5.32 Å². The van der Waals surface area contributed by atoms with E-state index in [0.29, 0.717) is 35.0 Å². The first kappa shape index (κ1) is 13.6. The minimum absolute atomic E-state index is 0.0127. The van der Waals surface area contributed by atoms with Gasteiger partial charge in [0.15, 0.2) is 0 Å². The van der Waals surface area contributed by atoms with Gasteiger partial charge in [0.2, 0.25) is 5.91 Å². The number of piperidine rings is 1. The molecule has 6 heteroatoms. The van der Waals surface area contributed by atoms with E-state index in [-0.39, 0.29) is 5.91 Å². The molecule has 4 N–H and O–H groups in total. The first-order valence-electron chi connectivity index (χ1n) is 7.05. The highest BCUT2D eigenvalue weighted by Crippen LogP contribution is 2.33. The minimum atomic E-state index is -0.499. The predicted octanol–water partition coefficient (Wildman–Crippen LogP) is 1.71. The summed E-state index contributed by atoms with van der Waals surface area (Å²) in [4.78, 5) is 23.3. The van der Waals surface area contributed by atoms with Crippen molar-refractivity contribution >= 4 is 28.2 Å². The van der Waals surface area contributed by atoms with Crippen LogP contribution in [0.4, 0.5) is 5.00 Å². The zero-order chi connectivity index (χ0) is 14.1. The quantitative estimate of drug-likeness (QED) is 0.790. The number of hydrogen-bond donors (Lipinski definition) is 3. The molecule has 2 aliphatic heterocycles. The van der Waals surface area contributed by atoms with Crippen LogP contribution in [0, 0.1) is 5.92 Å². The molecule has 0 aliphatic carbocycles. The molecule has 3 heterocycles. The highest BCUT2D eigenvalue weighted by atomic mass is 32.1. The summed E-state index contributed by atoms with van der Waals surface area (Å²) in [5, 5.41) is 8.73. The third-order valence-corrected chi connectivity index (χ3v) is 5.06. The van der Waals surface area contributed by atoms with Gasteiger partial charge in [0.05, 0.1) is 5.56 Å². The topological polar surface area (TPSA) is 84.2 Å². The smallest absolute Gasteiger partial charge is 0.251 e. The average molecular weight is 293 g/mol. The van der Waals surface area contributed by atoms with Crippen LogP contribution in [-0.4, -0.2) is 23.9 Å². The number of carbonyl (C=O) groups excluding carboxylic acids is 2. The van der Waals surface area contributed by atoms with E-state index in [4.69, 9.17) is 5.73 Å². The van der Waals surface area contributed by atoms with Crippen molar-refractivity contribution in [3.05, 3.63) is 17.0 Å². The fraction of sp³-hybridized carbons (Fsp3) is 0.571. The molecular formula is C14H19N3O2S. The second-order valence-electron chi connectivity index (χ2n) is 5.76. The van der Waals surface area contributed by atoms with E-state index in [2.05, 4.69) is 10.6 Å². The molecule has 2 aliphatic rings. The second-order valence-corrected chi connectivity index (χ2v) is 6.67. The summed E-state index contributed by atoms with van der Waals surface area (Å²) < 4.78 is 0. The molecule has 2 unspecified atom stereocenters. The van der Waals surface area contributed by atoms with Crippen molar-refractivity contribution in [1.29, 1.82) is 0 Å². The van der Waals surface area contributed by atoms with Gasteiger partial charge >= 0.3 is 0 Å². The zero-order valence-corrected chi connectivity index (χ0v) is 12.0. The maximum absolute atomic E-state index is 12.1. The minimum Gasteiger partial charge on any atom is -0.366 e. The number of fused-ring (bicyclic) bond motifs is 2. The molecule has 1 aromatic heterocycles. The molecule has 2 atom stereocenters. The van der Waals surface area contributed by atoms with Crippen molar-refractivity contribution in [2.45, 2.75) is 44.2 Å². The number of nitrogens with one attached hydrogen (secondary N) is 2. The summed E-state index contributed by atoms with van der Waals surface area (Å²) in [6.07, 6.45) is 5.16. The molecular weight excluding hydrogens is 274 g/mol. The number of thiophene rings is 1. The predicted molar refractivity (Wildman–Crippen MR) is 78.8 cm³/mol. The highest BCUT2D eigenvalue weighted by Gasteiger charge is 2.34. The van der Waals surface area contributed by atoms with Crippen LogP contribution in [0.25, 0.3) is 0 Å². The Hall–Kier alpha value is -1.40. The lowest BCUT2D eigenvalue weighted by atomic mass is 9.89. The molecule has 2 bridgehead atoms. The maximum atomic E-state index is 12.1. The van der Waals surface area contributed by atoms with Crippen molar-refractivity contribution in [2.75, 3.05) is 5.32 Å². The normalized spacial score (nSPS) is 28.3. The van der Waals surface area contributed by atoms with E-state index < -0.39 is 5.91 Å². The number of carbonyl (C=O) groups is 2. The lowest BCUT2D eigenvalue weighted by Gasteiger charge is -2.28. The van der Waals surface area contributed by atoms with Crippen LogP contribution in [0.1, 0.15) is 42.5 Å². The zero-order valence-electron chi connectivity index (χ0n) is 11.2. The molecule has 3 rings (SSSR count). The Kier molecular flexibility index (Phi) is 3.76. The Morgan fingerprint density at radius 2 is 2.05 bits per heavy atom. The number of nitrogens with two attached hydrogens (primary N) is 1. The number of anilines is 1. The van der Waals surface area contributed by atoms with Crippen LogP contribution in [0.5, 0.6) is 0 Å². The van der Waals surface area contributed by atoms with Gasteiger partial charge in [0, 0.05) is 18.5 Å². The van der Waals surface area contributed by atoms with Gasteiger partial charge in [-0.1, -0.05) is 0 Å². The van der Waals surface area contributed by atoms with Crippen LogP contribution in [0.2, 0.25) is 0 Å². The maximum Gasteiger partial charge on any atom is 0.251 e. The van der Waals surface area contributed by atoms with Crippen LogP contribution in [-0.2, 0) is 4.79 Å². The Bertz CT molecular complexity index is 516. The molecule has 2 amide bonds. The number of amides is 2. The second kappa shape index (κ2) is 5.54. The molecule has 0 aromatic carbocycles. The van der Waals surface area contributed by atoms with E-state index >= 15 is 0 Å². The van der Waals surface area contributed by atoms with E-state index in [1.165, 1.54) is 24.2 Å². The summed E-state index contributed by atoms with van der Waals surface area (Å²) in [6, 6.07) is 2.83. The molecule has 0 spiro atoms. The third-order valence-electron chi connectivity index (χ3n) is 4.23. The molecule has 1 aromatic rings.